The highest BCUT2D eigenvalue weighted by Crippen LogP contribution is 2.11. The Kier molecular flexibility index (Phi) is 8.51. The molecule has 0 saturated heterocycles. The van der Waals surface area contributed by atoms with Gasteiger partial charge in [-0.2, -0.15) is 0 Å². The van der Waals surface area contributed by atoms with E-state index in [0.717, 1.165) is 12.8 Å². The standard InChI is InChI=1S/C10H20O2/c1-3-5-10(7-8-11)6-4-9-12-2/h4,6,10-11H,3,5,7-9H2,1-2H3/b6-4+. The van der Waals surface area contributed by atoms with E-state index in [1.807, 2.05) is 6.08 Å². The molecule has 1 atom stereocenters. The summed E-state index contributed by atoms with van der Waals surface area (Å²) in [5, 5.41) is 8.75. The van der Waals surface area contributed by atoms with Gasteiger partial charge in [0, 0.05) is 13.7 Å². The van der Waals surface area contributed by atoms with E-state index in [2.05, 4.69) is 13.0 Å². The van der Waals surface area contributed by atoms with Crippen molar-refractivity contribution < 1.29 is 9.84 Å². The van der Waals surface area contributed by atoms with Crippen molar-refractivity contribution in [2.75, 3.05) is 20.3 Å². The molecule has 12 heavy (non-hydrogen) atoms. The summed E-state index contributed by atoms with van der Waals surface area (Å²) in [5.74, 6) is 0.523. The lowest BCUT2D eigenvalue weighted by Gasteiger charge is -2.08. The highest BCUT2D eigenvalue weighted by molar-refractivity contribution is 4.88. The second-order valence-corrected chi connectivity index (χ2v) is 2.94. The Labute approximate surface area is 75.2 Å². The summed E-state index contributed by atoms with van der Waals surface area (Å²) in [5.41, 5.74) is 0. The molecular formula is C10H20O2. The van der Waals surface area contributed by atoms with Crippen molar-refractivity contribution in [2.24, 2.45) is 5.92 Å². The minimum absolute atomic E-state index is 0.280. The second kappa shape index (κ2) is 8.75. The maximum atomic E-state index is 8.75. The molecule has 2 heteroatoms. The lowest BCUT2D eigenvalue weighted by atomic mass is 10.00. The number of hydrogen-bond donors (Lipinski definition) is 1. The number of aliphatic hydroxyl groups excluding tert-OH is 1. The first-order valence-corrected chi connectivity index (χ1v) is 4.61. The van der Waals surface area contributed by atoms with Crippen LogP contribution < -0.4 is 0 Å². The van der Waals surface area contributed by atoms with Gasteiger partial charge in [-0.1, -0.05) is 25.5 Å². The van der Waals surface area contributed by atoms with E-state index < -0.39 is 0 Å². The van der Waals surface area contributed by atoms with Crippen LogP contribution in [0, 0.1) is 5.92 Å². The fourth-order valence-corrected chi connectivity index (χ4v) is 1.22. The van der Waals surface area contributed by atoms with Gasteiger partial charge in [-0.3, -0.25) is 0 Å². The minimum Gasteiger partial charge on any atom is -0.396 e. The van der Waals surface area contributed by atoms with Gasteiger partial charge in [0.05, 0.1) is 6.61 Å². The summed E-state index contributed by atoms with van der Waals surface area (Å²) in [6.07, 6.45) is 7.36. The van der Waals surface area contributed by atoms with E-state index in [0.29, 0.717) is 12.5 Å². The Morgan fingerprint density at radius 3 is 2.67 bits per heavy atom. The Balaban J connectivity index is 3.60. The molecule has 0 aliphatic rings. The first kappa shape index (κ1) is 11.7. The SMILES string of the molecule is CCCC(/C=C/COC)CCO. The highest BCUT2D eigenvalue weighted by atomic mass is 16.5. The van der Waals surface area contributed by atoms with Crippen LogP contribution in [0.25, 0.3) is 0 Å². The van der Waals surface area contributed by atoms with Gasteiger partial charge in [0.2, 0.25) is 0 Å². The molecule has 2 nitrogen and oxygen atoms in total. The lowest BCUT2D eigenvalue weighted by Crippen LogP contribution is -1.99. The van der Waals surface area contributed by atoms with Crippen molar-refractivity contribution in [3.05, 3.63) is 12.2 Å². The van der Waals surface area contributed by atoms with Gasteiger partial charge in [0.25, 0.3) is 0 Å². The molecule has 0 aliphatic heterocycles. The monoisotopic (exact) mass is 172 g/mol. The summed E-state index contributed by atoms with van der Waals surface area (Å²) in [4.78, 5) is 0. The number of hydrogen-bond acceptors (Lipinski definition) is 2. The van der Waals surface area contributed by atoms with E-state index in [9.17, 15) is 0 Å². The van der Waals surface area contributed by atoms with E-state index >= 15 is 0 Å². The molecule has 1 N–H and O–H groups in total. The van der Waals surface area contributed by atoms with Gasteiger partial charge in [0.1, 0.15) is 0 Å². The number of rotatable bonds is 7. The second-order valence-electron chi connectivity index (χ2n) is 2.94. The molecule has 0 rings (SSSR count). The molecule has 0 aliphatic carbocycles. The summed E-state index contributed by atoms with van der Waals surface area (Å²) in [7, 11) is 1.69. The largest absolute Gasteiger partial charge is 0.396 e. The van der Waals surface area contributed by atoms with Gasteiger partial charge in [-0.25, -0.2) is 0 Å². The van der Waals surface area contributed by atoms with Crippen molar-refractivity contribution in [3.63, 3.8) is 0 Å². The first-order chi connectivity index (χ1) is 5.85. The summed E-state index contributed by atoms with van der Waals surface area (Å²) in [6, 6.07) is 0. The minimum atomic E-state index is 0.280. The zero-order valence-corrected chi connectivity index (χ0v) is 8.12. The van der Waals surface area contributed by atoms with Crippen LogP contribution in [0.2, 0.25) is 0 Å². The first-order valence-electron chi connectivity index (χ1n) is 4.61. The van der Waals surface area contributed by atoms with Gasteiger partial charge < -0.3 is 9.84 Å². The van der Waals surface area contributed by atoms with Gasteiger partial charge in [-0.15, -0.1) is 0 Å². The van der Waals surface area contributed by atoms with Gasteiger partial charge >= 0.3 is 0 Å². The summed E-state index contributed by atoms with van der Waals surface area (Å²) in [6.45, 7) is 3.11. The fraction of sp³-hybridized carbons (Fsp3) is 0.800. The molecule has 0 aromatic carbocycles. The molecule has 0 bridgehead atoms. The smallest absolute Gasteiger partial charge is 0.0643 e. The third-order valence-corrected chi connectivity index (χ3v) is 1.83. The summed E-state index contributed by atoms with van der Waals surface area (Å²) >= 11 is 0. The lowest BCUT2D eigenvalue weighted by molar-refractivity contribution is 0.232. The number of allylic oxidation sites excluding steroid dienone is 1. The molecule has 0 aromatic rings. The van der Waals surface area contributed by atoms with E-state index in [4.69, 9.17) is 9.84 Å². The van der Waals surface area contributed by atoms with Crippen molar-refractivity contribution >= 4 is 0 Å². The third kappa shape index (κ3) is 6.38. The van der Waals surface area contributed by atoms with Crippen LogP contribution in [0.3, 0.4) is 0 Å². The van der Waals surface area contributed by atoms with Crippen LogP contribution in [0.5, 0.6) is 0 Å². The zero-order chi connectivity index (χ0) is 9.23. The van der Waals surface area contributed by atoms with E-state index in [1.165, 1.54) is 6.42 Å². The molecule has 0 spiro atoms. The number of aliphatic hydroxyl groups is 1. The third-order valence-electron chi connectivity index (χ3n) is 1.83. The highest BCUT2D eigenvalue weighted by Gasteiger charge is 2.01. The van der Waals surface area contributed by atoms with Crippen molar-refractivity contribution in [2.45, 2.75) is 26.2 Å². The van der Waals surface area contributed by atoms with Crippen LogP contribution in [-0.2, 0) is 4.74 Å². The average molecular weight is 172 g/mol. The maximum Gasteiger partial charge on any atom is 0.0643 e. The Morgan fingerprint density at radius 1 is 1.42 bits per heavy atom. The van der Waals surface area contributed by atoms with Crippen molar-refractivity contribution in [3.8, 4) is 0 Å². The fourth-order valence-electron chi connectivity index (χ4n) is 1.22. The number of methoxy groups -OCH3 is 1. The quantitative estimate of drug-likeness (QED) is 0.595. The predicted molar refractivity (Wildman–Crippen MR) is 51.1 cm³/mol. The van der Waals surface area contributed by atoms with Gasteiger partial charge in [-0.05, 0) is 18.8 Å². The van der Waals surface area contributed by atoms with E-state index in [-0.39, 0.29) is 6.61 Å². The van der Waals surface area contributed by atoms with Crippen molar-refractivity contribution in [1.29, 1.82) is 0 Å². The van der Waals surface area contributed by atoms with Gasteiger partial charge in [0.15, 0.2) is 0 Å². The van der Waals surface area contributed by atoms with E-state index in [1.54, 1.807) is 7.11 Å². The number of ether oxygens (including phenoxy) is 1. The molecule has 0 heterocycles. The molecule has 0 amide bonds. The van der Waals surface area contributed by atoms with Crippen LogP contribution in [-0.4, -0.2) is 25.4 Å². The Morgan fingerprint density at radius 2 is 2.17 bits per heavy atom. The molecule has 0 aromatic heterocycles. The summed E-state index contributed by atoms with van der Waals surface area (Å²) < 4.78 is 4.90. The molecule has 1 unspecified atom stereocenters. The van der Waals surface area contributed by atoms with Crippen LogP contribution in [0.1, 0.15) is 26.2 Å². The molecule has 0 fully saturated rings. The Hall–Kier alpha value is -0.340. The van der Waals surface area contributed by atoms with Crippen molar-refractivity contribution in [1.82, 2.24) is 0 Å². The normalized spacial score (nSPS) is 13.9. The molecule has 72 valence electrons. The maximum absolute atomic E-state index is 8.75. The van der Waals surface area contributed by atoms with Crippen LogP contribution in [0.4, 0.5) is 0 Å². The Bertz CT molecular complexity index is 104. The molecule has 0 radical (unpaired) electrons. The predicted octanol–water partition coefficient (Wildman–Crippen LogP) is 1.99. The van der Waals surface area contributed by atoms with Crippen LogP contribution >= 0.6 is 0 Å². The average Bonchev–Trinajstić information content (AvgIpc) is 2.06. The zero-order valence-electron chi connectivity index (χ0n) is 8.12. The molecule has 0 saturated carbocycles. The topological polar surface area (TPSA) is 29.5 Å². The van der Waals surface area contributed by atoms with Crippen LogP contribution in [0.15, 0.2) is 12.2 Å². The molecular weight excluding hydrogens is 152 g/mol.